The standard InChI is InChI=1S/C8H9.BrH.Mg/c1-2-8-6-4-3-5-7-8;;/h4-7H,2H2,1H3;1H;/q-1;;+2/p-1. The average molecular weight is 209 g/mol. The molecule has 1 rings (SSSR count). The third kappa shape index (κ3) is 4.31. The van der Waals surface area contributed by atoms with E-state index in [2.05, 4.69) is 25.1 Å². The van der Waals surface area contributed by atoms with E-state index in [0.29, 0.717) is 0 Å². The summed E-state index contributed by atoms with van der Waals surface area (Å²) >= 11 is 0. The predicted molar refractivity (Wildman–Crippen MR) is 40.4 cm³/mol. The van der Waals surface area contributed by atoms with Gasteiger partial charge in [0.15, 0.2) is 0 Å². The maximum absolute atomic E-state index is 2.97. The van der Waals surface area contributed by atoms with Crippen molar-refractivity contribution in [2.24, 2.45) is 0 Å². The maximum atomic E-state index is 2.97. The summed E-state index contributed by atoms with van der Waals surface area (Å²) in [6.45, 7) is 2.15. The summed E-state index contributed by atoms with van der Waals surface area (Å²) in [5.41, 5.74) is 1.38. The van der Waals surface area contributed by atoms with Crippen molar-refractivity contribution in [1.29, 1.82) is 0 Å². The van der Waals surface area contributed by atoms with E-state index in [1.54, 1.807) is 0 Å². The normalized spacial score (nSPS) is 7.30. The third-order valence-electron chi connectivity index (χ3n) is 1.20. The minimum absolute atomic E-state index is 0. The van der Waals surface area contributed by atoms with E-state index in [9.17, 15) is 0 Å². The quantitative estimate of drug-likeness (QED) is 0.397. The van der Waals surface area contributed by atoms with E-state index >= 15 is 0 Å². The molecule has 0 atom stereocenters. The molecule has 1 aromatic carbocycles. The second-order valence-corrected chi connectivity index (χ2v) is 1.76. The Labute approximate surface area is 88.9 Å². The number of aryl methyl sites for hydroxylation is 1. The van der Waals surface area contributed by atoms with E-state index in [1.165, 1.54) is 5.56 Å². The van der Waals surface area contributed by atoms with Gasteiger partial charge in [0, 0.05) is 0 Å². The summed E-state index contributed by atoms with van der Waals surface area (Å²) in [6, 6.07) is 11.0. The number of hydrogen-bond donors (Lipinski definition) is 0. The van der Waals surface area contributed by atoms with Crippen LogP contribution in [-0.2, 0) is 6.42 Å². The Kier molecular flexibility index (Phi) is 9.91. The molecule has 10 heavy (non-hydrogen) atoms. The monoisotopic (exact) mass is 208 g/mol. The molecule has 0 saturated heterocycles. The Balaban J connectivity index is 0. The first-order valence-electron chi connectivity index (χ1n) is 2.88. The van der Waals surface area contributed by atoms with E-state index in [0.717, 1.165) is 6.42 Å². The van der Waals surface area contributed by atoms with Gasteiger partial charge >= 0.3 is 23.1 Å². The third-order valence-corrected chi connectivity index (χ3v) is 1.20. The van der Waals surface area contributed by atoms with Crippen LogP contribution in [0.4, 0.5) is 0 Å². The second-order valence-electron chi connectivity index (χ2n) is 1.76. The average Bonchev–Trinajstić information content (AvgIpc) is 1.90. The fourth-order valence-corrected chi connectivity index (χ4v) is 0.657. The summed E-state index contributed by atoms with van der Waals surface area (Å²) in [4.78, 5) is 0. The summed E-state index contributed by atoms with van der Waals surface area (Å²) in [7, 11) is 0. The molecule has 0 aliphatic heterocycles. The number of rotatable bonds is 1. The summed E-state index contributed by atoms with van der Waals surface area (Å²) < 4.78 is 0. The van der Waals surface area contributed by atoms with Crippen LogP contribution in [0.3, 0.4) is 0 Å². The minimum atomic E-state index is 0. The molecular weight excluding hydrogens is 200 g/mol. The van der Waals surface area contributed by atoms with Crippen LogP contribution in [-0.4, -0.2) is 23.1 Å². The zero-order valence-electron chi connectivity index (χ0n) is 6.10. The Hall–Kier alpha value is 0.466. The molecule has 0 aromatic heterocycles. The van der Waals surface area contributed by atoms with Crippen LogP contribution < -0.4 is 17.0 Å². The zero-order valence-corrected chi connectivity index (χ0v) is 9.10. The molecule has 2 heteroatoms. The molecule has 50 valence electrons. The predicted octanol–water partition coefficient (Wildman–Crippen LogP) is -1.33. The second kappa shape index (κ2) is 7.57. The van der Waals surface area contributed by atoms with Gasteiger partial charge in [-0.3, -0.25) is 0 Å². The van der Waals surface area contributed by atoms with Crippen LogP contribution in [0.15, 0.2) is 24.3 Å². The minimum Gasteiger partial charge on any atom is -1.00 e. The molecule has 0 aliphatic rings. The van der Waals surface area contributed by atoms with Crippen molar-refractivity contribution in [1.82, 2.24) is 0 Å². The fraction of sp³-hybridized carbons (Fsp3) is 0.250. The number of benzene rings is 1. The molecule has 0 nitrogen and oxygen atoms in total. The van der Waals surface area contributed by atoms with Crippen molar-refractivity contribution in [2.75, 3.05) is 0 Å². The molecule has 0 amide bonds. The van der Waals surface area contributed by atoms with Crippen molar-refractivity contribution in [3.05, 3.63) is 35.9 Å². The Morgan fingerprint density at radius 3 is 2.10 bits per heavy atom. The number of hydrogen-bond acceptors (Lipinski definition) is 0. The zero-order chi connectivity index (χ0) is 5.82. The van der Waals surface area contributed by atoms with Crippen molar-refractivity contribution in [3.8, 4) is 0 Å². The first kappa shape index (κ1) is 13.1. The summed E-state index contributed by atoms with van der Waals surface area (Å²) in [5, 5.41) is 0. The maximum Gasteiger partial charge on any atom is 2.00 e. The van der Waals surface area contributed by atoms with E-state index in [-0.39, 0.29) is 40.0 Å². The van der Waals surface area contributed by atoms with Crippen LogP contribution >= 0.6 is 0 Å². The molecule has 0 N–H and O–H groups in total. The fourth-order valence-electron chi connectivity index (χ4n) is 0.657. The van der Waals surface area contributed by atoms with Crippen LogP contribution in [0.25, 0.3) is 0 Å². The molecule has 0 heterocycles. The largest absolute Gasteiger partial charge is 2.00 e. The number of halogens is 1. The Morgan fingerprint density at radius 2 is 1.80 bits per heavy atom. The van der Waals surface area contributed by atoms with Crippen LogP contribution in [0.5, 0.6) is 0 Å². The van der Waals surface area contributed by atoms with Gasteiger partial charge in [-0.2, -0.15) is 35.9 Å². The van der Waals surface area contributed by atoms with Crippen molar-refractivity contribution in [2.45, 2.75) is 13.3 Å². The first-order chi connectivity index (χ1) is 3.93. The molecule has 0 saturated carbocycles. The summed E-state index contributed by atoms with van der Waals surface area (Å²) in [6.07, 6.45) is 1.12. The van der Waals surface area contributed by atoms with Gasteiger partial charge in [-0.15, -0.1) is 0 Å². The Bertz CT molecular complexity index is 151. The van der Waals surface area contributed by atoms with Gasteiger partial charge < -0.3 is 17.0 Å². The van der Waals surface area contributed by atoms with Crippen LogP contribution in [0.1, 0.15) is 12.5 Å². The van der Waals surface area contributed by atoms with Gasteiger partial charge in [-0.05, 0) is 0 Å². The van der Waals surface area contributed by atoms with Gasteiger partial charge in [-0.1, -0.05) is 13.3 Å². The molecule has 0 unspecified atom stereocenters. The molecule has 0 bridgehead atoms. The van der Waals surface area contributed by atoms with Gasteiger partial charge in [-0.25, -0.2) is 0 Å². The first-order valence-corrected chi connectivity index (χ1v) is 2.88. The van der Waals surface area contributed by atoms with Crippen molar-refractivity contribution >= 4 is 23.1 Å². The van der Waals surface area contributed by atoms with E-state index < -0.39 is 0 Å². The molecular formula is C8H9BrMg. The molecule has 0 aliphatic carbocycles. The summed E-state index contributed by atoms with van der Waals surface area (Å²) in [5.74, 6) is 0. The van der Waals surface area contributed by atoms with Gasteiger partial charge in [0.1, 0.15) is 0 Å². The van der Waals surface area contributed by atoms with Crippen molar-refractivity contribution < 1.29 is 17.0 Å². The van der Waals surface area contributed by atoms with Crippen LogP contribution in [0, 0.1) is 6.07 Å². The molecule has 0 fully saturated rings. The van der Waals surface area contributed by atoms with Gasteiger partial charge in [0.05, 0.1) is 0 Å². The van der Waals surface area contributed by atoms with E-state index in [1.807, 2.05) is 12.1 Å². The van der Waals surface area contributed by atoms with Crippen LogP contribution in [0.2, 0.25) is 0 Å². The topological polar surface area (TPSA) is 0 Å². The molecule has 0 spiro atoms. The van der Waals surface area contributed by atoms with Gasteiger partial charge in [0.25, 0.3) is 0 Å². The smallest absolute Gasteiger partial charge is 1.00 e. The molecule has 0 radical (unpaired) electrons. The van der Waals surface area contributed by atoms with Gasteiger partial charge in [0.2, 0.25) is 0 Å². The van der Waals surface area contributed by atoms with E-state index in [4.69, 9.17) is 0 Å². The Morgan fingerprint density at radius 1 is 1.30 bits per heavy atom. The van der Waals surface area contributed by atoms with Crippen molar-refractivity contribution in [3.63, 3.8) is 0 Å². The molecule has 1 aromatic rings. The SMILES string of the molecule is CCc1cc[c-]cc1.[Br-].[Mg+2].